The fraction of sp³-hybridized carbons (Fsp3) is 0.273. The molecule has 0 atom stereocenters. The fourth-order valence-corrected chi connectivity index (χ4v) is 1.49. The van der Waals surface area contributed by atoms with Gasteiger partial charge in [0.1, 0.15) is 11.5 Å². The van der Waals surface area contributed by atoms with Gasteiger partial charge in [0.25, 0.3) is 0 Å². The Morgan fingerprint density at radius 1 is 1.53 bits per heavy atom. The number of carbonyl (C=O) groups excluding carboxylic acids is 1. The van der Waals surface area contributed by atoms with Gasteiger partial charge in [0.2, 0.25) is 5.78 Å². The molecule has 78 valence electrons. The van der Waals surface area contributed by atoms with Crippen LogP contribution in [-0.4, -0.2) is 15.6 Å². The number of hydrogen-bond acceptors (Lipinski definition) is 3. The Bertz CT molecular complexity index is 482. The number of nitrogens with zero attached hydrogens (tertiary/aromatic N) is 2. The molecule has 0 bridgehead atoms. The Balaban J connectivity index is 2.36. The van der Waals surface area contributed by atoms with E-state index in [9.17, 15) is 4.79 Å². The molecule has 0 aromatic carbocycles. The topological polar surface area (TPSA) is 48.0 Å². The molecule has 15 heavy (non-hydrogen) atoms. The van der Waals surface area contributed by atoms with Gasteiger partial charge in [0.15, 0.2) is 0 Å². The molecular weight excluding hydrogens is 192 g/mol. The molecule has 2 aromatic rings. The molecule has 4 nitrogen and oxygen atoms in total. The number of aromatic nitrogens is 2. The van der Waals surface area contributed by atoms with Crippen LogP contribution in [0.1, 0.15) is 28.7 Å². The van der Waals surface area contributed by atoms with Gasteiger partial charge >= 0.3 is 0 Å². The highest BCUT2D eigenvalue weighted by atomic mass is 16.3. The molecule has 0 saturated carbocycles. The quantitative estimate of drug-likeness (QED) is 0.716. The monoisotopic (exact) mass is 204 g/mol. The smallest absolute Gasteiger partial charge is 0.216 e. The van der Waals surface area contributed by atoms with Gasteiger partial charge in [-0.15, -0.1) is 0 Å². The Labute approximate surface area is 87.5 Å². The molecule has 2 rings (SSSR count). The van der Waals surface area contributed by atoms with E-state index in [1.165, 1.54) is 6.26 Å². The maximum absolute atomic E-state index is 12.0. The summed E-state index contributed by atoms with van der Waals surface area (Å²) in [7, 11) is 1.78. The first kappa shape index (κ1) is 9.71. The highest BCUT2D eigenvalue weighted by Gasteiger charge is 2.17. The summed E-state index contributed by atoms with van der Waals surface area (Å²) in [6, 6.07) is 3.39. The third-order valence-electron chi connectivity index (χ3n) is 2.26. The zero-order valence-electron chi connectivity index (χ0n) is 8.73. The molecule has 0 aliphatic heterocycles. The van der Waals surface area contributed by atoms with E-state index in [2.05, 4.69) is 5.10 Å². The molecular formula is C11H12N2O2. The predicted molar refractivity (Wildman–Crippen MR) is 54.7 cm³/mol. The second kappa shape index (κ2) is 3.73. The Morgan fingerprint density at radius 3 is 2.93 bits per heavy atom. The van der Waals surface area contributed by atoms with E-state index in [4.69, 9.17) is 4.42 Å². The second-order valence-corrected chi connectivity index (χ2v) is 3.31. The normalized spacial score (nSPS) is 10.5. The lowest BCUT2D eigenvalue weighted by atomic mass is 10.1. The van der Waals surface area contributed by atoms with Crippen LogP contribution in [0.5, 0.6) is 0 Å². The van der Waals surface area contributed by atoms with Crippen LogP contribution in [0, 0.1) is 0 Å². The van der Waals surface area contributed by atoms with Crippen molar-refractivity contribution in [2.75, 3.05) is 0 Å². The Hall–Kier alpha value is -1.84. The zero-order valence-corrected chi connectivity index (χ0v) is 8.73. The Kier molecular flexibility index (Phi) is 2.41. The highest BCUT2D eigenvalue weighted by molar-refractivity contribution is 6.08. The molecule has 0 fully saturated rings. The standard InChI is InChI=1S/C11H12N2O2/c1-3-10-8(5-7-15-10)11(14)9-4-6-13(2)12-9/h4-7H,3H2,1-2H3. The van der Waals surface area contributed by atoms with Crippen molar-refractivity contribution in [3.63, 3.8) is 0 Å². The molecule has 0 unspecified atom stereocenters. The van der Waals surface area contributed by atoms with Crippen molar-refractivity contribution in [1.82, 2.24) is 9.78 Å². The summed E-state index contributed by atoms with van der Waals surface area (Å²) in [5.74, 6) is 0.631. The van der Waals surface area contributed by atoms with Gasteiger partial charge < -0.3 is 4.42 Å². The molecule has 4 heteroatoms. The second-order valence-electron chi connectivity index (χ2n) is 3.31. The van der Waals surface area contributed by atoms with Gasteiger partial charge in [-0.3, -0.25) is 9.48 Å². The van der Waals surface area contributed by atoms with E-state index in [0.29, 0.717) is 23.4 Å². The van der Waals surface area contributed by atoms with E-state index in [0.717, 1.165) is 0 Å². The third-order valence-corrected chi connectivity index (χ3v) is 2.26. The van der Waals surface area contributed by atoms with E-state index in [1.807, 2.05) is 6.92 Å². The average molecular weight is 204 g/mol. The number of rotatable bonds is 3. The Morgan fingerprint density at radius 2 is 2.33 bits per heavy atom. The van der Waals surface area contributed by atoms with Crippen LogP contribution in [0.25, 0.3) is 0 Å². The summed E-state index contributed by atoms with van der Waals surface area (Å²) in [4.78, 5) is 12.0. The van der Waals surface area contributed by atoms with Crippen LogP contribution >= 0.6 is 0 Å². The van der Waals surface area contributed by atoms with Crippen LogP contribution < -0.4 is 0 Å². The maximum Gasteiger partial charge on any atom is 0.216 e. The van der Waals surface area contributed by atoms with Crippen molar-refractivity contribution in [3.8, 4) is 0 Å². The molecule has 0 aliphatic carbocycles. The van der Waals surface area contributed by atoms with Gasteiger partial charge in [-0.1, -0.05) is 6.92 Å². The van der Waals surface area contributed by atoms with Crippen LogP contribution in [0.3, 0.4) is 0 Å². The van der Waals surface area contributed by atoms with Gasteiger partial charge in [0, 0.05) is 19.7 Å². The summed E-state index contributed by atoms with van der Waals surface area (Å²) in [6.45, 7) is 1.95. The van der Waals surface area contributed by atoms with Crippen molar-refractivity contribution in [3.05, 3.63) is 41.6 Å². The SMILES string of the molecule is CCc1occc1C(=O)c1ccn(C)n1. The first-order valence-electron chi connectivity index (χ1n) is 4.83. The molecule has 0 aliphatic rings. The number of carbonyl (C=O) groups is 1. The largest absolute Gasteiger partial charge is 0.469 e. The molecule has 0 N–H and O–H groups in total. The summed E-state index contributed by atoms with van der Waals surface area (Å²) >= 11 is 0. The molecule has 0 amide bonds. The van der Waals surface area contributed by atoms with Crippen molar-refractivity contribution in [2.45, 2.75) is 13.3 Å². The van der Waals surface area contributed by atoms with E-state index in [1.54, 1.807) is 30.1 Å². The molecule has 2 aromatic heterocycles. The third kappa shape index (κ3) is 1.70. The number of ketones is 1. The van der Waals surface area contributed by atoms with Crippen molar-refractivity contribution < 1.29 is 9.21 Å². The number of aryl methyl sites for hydroxylation is 2. The summed E-state index contributed by atoms with van der Waals surface area (Å²) in [5.41, 5.74) is 1.06. The minimum absolute atomic E-state index is 0.0822. The predicted octanol–water partition coefficient (Wildman–Crippen LogP) is 1.81. The molecule has 2 heterocycles. The molecule has 0 radical (unpaired) electrons. The average Bonchev–Trinajstić information content (AvgIpc) is 2.84. The summed E-state index contributed by atoms with van der Waals surface area (Å²) < 4.78 is 6.82. The fourth-order valence-electron chi connectivity index (χ4n) is 1.49. The van der Waals surface area contributed by atoms with Crippen LogP contribution in [-0.2, 0) is 13.5 Å². The first-order valence-corrected chi connectivity index (χ1v) is 4.83. The summed E-state index contributed by atoms with van der Waals surface area (Å²) in [5, 5.41) is 4.07. The van der Waals surface area contributed by atoms with Gasteiger partial charge in [0.05, 0.1) is 11.8 Å². The number of hydrogen-bond donors (Lipinski definition) is 0. The van der Waals surface area contributed by atoms with E-state index >= 15 is 0 Å². The van der Waals surface area contributed by atoms with Crippen LogP contribution in [0.2, 0.25) is 0 Å². The van der Waals surface area contributed by atoms with Crippen molar-refractivity contribution in [1.29, 1.82) is 0 Å². The van der Waals surface area contributed by atoms with Crippen molar-refractivity contribution >= 4 is 5.78 Å². The van der Waals surface area contributed by atoms with Gasteiger partial charge in [-0.2, -0.15) is 5.10 Å². The minimum atomic E-state index is -0.0822. The van der Waals surface area contributed by atoms with E-state index in [-0.39, 0.29) is 5.78 Å². The highest BCUT2D eigenvalue weighted by Crippen LogP contribution is 2.15. The van der Waals surface area contributed by atoms with E-state index < -0.39 is 0 Å². The van der Waals surface area contributed by atoms with Crippen LogP contribution in [0.15, 0.2) is 29.0 Å². The molecule has 0 saturated heterocycles. The molecule has 0 spiro atoms. The maximum atomic E-state index is 12.0. The van der Waals surface area contributed by atoms with Crippen LogP contribution in [0.4, 0.5) is 0 Å². The van der Waals surface area contributed by atoms with Gasteiger partial charge in [-0.05, 0) is 12.1 Å². The zero-order chi connectivity index (χ0) is 10.8. The lowest BCUT2D eigenvalue weighted by Crippen LogP contribution is -2.04. The lowest BCUT2D eigenvalue weighted by molar-refractivity contribution is 0.103. The van der Waals surface area contributed by atoms with Gasteiger partial charge in [-0.25, -0.2) is 0 Å². The van der Waals surface area contributed by atoms with Crippen molar-refractivity contribution in [2.24, 2.45) is 7.05 Å². The number of furan rings is 1. The lowest BCUT2D eigenvalue weighted by Gasteiger charge is -1.96. The first-order chi connectivity index (χ1) is 7.22. The minimum Gasteiger partial charge on any atom is -0.469 e. The summed E-state index contributed by atoms with van der Waals surface area (Å²) in [6.07, 6.45) is 3.99.